The maximum Gasteiger partial charge on any atom is 0.141 e. The van der Waals surface area contributed by atoms with Crippen molar-refractivity contribution in [2.45, 2.75) is 18.9 Å². The summed E-state index contributed by atoms with van der Waals surface area (Å²) in [4.78, 5) is 14.2. The molecule has 0 amide bonds. The van der Waals surface area contributed by atoms with Gasteiger partial charge in [-0.1, -0.05) is 30.3 Å². The van der Waals surface area contributed by atoms with Crippen LogP contribution < -0.4 is 15.0 Å². The second-order valence-corrected chi connectivity index (χ2v) is 16.8. The van der Waals surface area contributed by atoms with E-state index < -0.39 is 5.82 Å². The molecular formula is C51H48FN11O. The second kappa shape index (κ2) is 18.1. The Bertz CT molecular complexity index is 3060. The van der Waals surface area contributed by atoms with Crippen LogP contribution in [0.1, 0.15) is 24.0 Å². The fourth-order valence-electron chi connectivity index (χ4n) is 8.72. The third-order valence-electron chi connectivity index (χ3n) is 12.2. The van der Waals surface area contributed by atoms with Crippen LogP contribution in [0, 0.1) is 34.4 Å². The summed E-state index contributed by atoms with van der Waals surface area (Å²) in [6.07, 6.45) is 9.90. The van der Waals surface area contributed by atoms with E-state index in [0.29, 0.717) is 29.7 Å². The van der Waals surface area contributed by atoms with E-state index in [1.54, 1.807) is 10.7 Å². The second-order valence-electron chi connectivity index (χ2n) is 16.8. The number of hydrogen-bond acceptors (Lipinski definition) is 10. The van der Waals surface area contributed by atoms with Crippen molar-refractivity contribution in [3.8, 4) is 62.7 Å². The van der Waals surface area contributed by atoms with E-state index in [1.807, 2.05) is 92.1 Å². The number of benzene rings is 4. The molecule has 8 aromatic rings. The van der Waals surface area contributed by atoms with Gasteiger partial charge in [-0.15, -0.1) is 0 Å². The lowest BCUT2D eigenvalue weighted by Gasteiger charge is -2.26. The third-order valence-corrected chi connectivity index (χ3v) is 12.2. The summed E-state index contributed by atoms with van der Waals surface area (Å²) < 4.78 is 24.3. The van der Waals surface area contributed by atoms with Gasteiger partial charge in [0.05, 0.1) is 64.3 Å². The summed E-state index contributed by atoms with van der Waals surface area (Å²) in [5.74, 6) is 0.786. The number of pyridine rings is 2. The molecule has 13 heteroatoms. The highest BCUT2D eigenvalue weighted by Gasteiger charge is 2.23. The molecular weight excluding hydrogens is 802 g/mol. The quantitative estimate of drug-likeness (QED) is 0.150. The zero-order valence-corrected chi connectivity index (χ0v) is 36.3. The van der Waals surface area contributed by atoms with Gasteiger partial charge in [0.15, 0.2) is 0 Å². The average molecular weight is 850 g/mol. The topological polar surface area (TPSA) is 137 Å². The number of aryl methyl sites for hydroxylation is 2. The number of halogens is 1. The summed E-state index contributed by atoms with van der Waals surface area (Å²) in [5, 5.41) is 32.7. The Kier molecular flexibility index (Phi) is 11.8. The molecule has 320 valence electrons. The van der Waals surface area contributed by atoms with E-state index in [9.17, 15) is 9.65 Å². The number of anilines is 1. The third kappa shape index (κ3) is 8.90. The van der Waals surface area contributed by atoms with E-state index in [-0.39, 0.29) is 5.56 Å². The number of hydrogen-bond donors (Lipinski definition) is 1. The molecule has 64 heavy (non-hydrogen) atoms. The molecule has 0 saturated carbocycles. The first-order valence-corrected chi connectivity index (χ1v) is 21.5. The largest absolute Gasteiger partial charge is 0.492 e. The number of nitrogens with one attached hydrogen (secondary N) is 1. The zero-order valence-electron chi connectivity index (χ0n) is 36.3. The van der Waals surface area contributed by atoms with Gasteiger partial charge < -0.3 is 19.9 Å². The highest BCUT2D eigenvalue weighted by atomic mass is 19.1. The van der Waals surface area contributed by atoms with Crippen molar-refractivity contribution >= 4 is 27.5 Å². The number of fused-ring (bicyclic) bond motifs is 2. The standard InChI is InChI=1S/C26H25N5O.C25H23FN6/c1-30-10-9-19(15-30)17-32-23-12-24(20-5-3-18(13-27)4-6-20)26(28-14-23)21-7-8-25-22(11-21)16-31(2)29-25;1-31-15-19-9-17(5-6-24(19)30-31)25-22(16-3-4-18(12-27)23(26)10-16)11-21(14-29-25)32(2)20-7-8-28-13-20/h3-8,11-12,14,16,19H,9-10,15,17H2,1-2H3;3-6,9-11,14-15,20,28H,7-8,13H2,1-2H3. The summed E-state index contributed by atoms with van der Waals surface area (Å²) in [5.41, 5.74) is 10.6. The highest BCUT2D eigenvalue weighted by molar-refractivity contribution is 5.90. The minimum atomic E-state index is -0.530. The predicted octanol–water partition coefficient (Wildman–Crippen LogP) is 8.62. The van der Waals surface area contributed by atoms with Crippen LogP contribution in [0.5, 0.6) is 5.75 Å². The number of ether oxygens (including phenoxy) is 1. The Morgan fingerprint density at radius 2 is 1.39 bits per heavy atom. The number of nitriles is 2. The van der Waals surface area contributed by atoms with Crippen LogP contribution in [0.15, 0.2) is 116 Å². The zero-order chi connectivity index (χ0) is 44.3. The molecule has 2 fully saturated rings. The molecule has 12 nitrogen and oxygen atoms in total. The number of likely N-dealkylation sites (N-methyl/N-ethyl adjacent to an activating group) is 1. The van der Waals surface area contributed by atoms with Crippen LogP contribution in [-0.2, 0) is 14.1 Å². The van der Waals surface area contributed by atoms with Gasteiger partial charge >= 0.3 is 0 Å². The van der Waals surface area contributed by atoms with Crippen molar-refractivity contribution in [1.82, 2.24) is 39.7 Å². The molecule has 2 saturated heterocycles. The number of rotatable bonds is 9. The monoisotopic (exact) mass is 849 g/mol. The van der Waals surface area contributed by atoms with E-state index in [4.69, 9.17) is 20.0 Å². The fourth-order valence-corrected chi connectivity index (χ4v) is 8.72. The molecule has 2 aliphatic rings. The summed E-state index contributed by atoms with van der Waals surface area (Å²) in [6, 6.07) is 33.2. The number of likely N-dealkylation sites (tertiary alicyclic amines) is 1. The van der Waals surface area contributed by atoms with Crippen LogP contribution in [0.25, 0.3) is 66.6 Å². The minimum Gasteiger partial charge on any atom is -0.492 e. The molecule has 4 aromatic carbocycles. The molecule has 4 aromatic heterocycles. The lowest BCUT2D eigenvalue weighted by molar-refractivity contribution is 0.248. The Morgan fingerprint density at radius 3 is 1.98 bits per heavy atom. The number of aromatic nitrogens is 6. The van der Waals surface area contributed by atoms with Crippen LogP contribution in [0.2, 0.25) is 0 Å². The van der Waals surface area contributed by atoms with E-state index in [0.717, 1.165) is 111 Å². The minimum absolute atomic E-state index is 0.0327. The molecule has 2 aliphatic heterocycles. The van der Waals surface area contributed by atoms with Gasteiger partial charge in [-0.05, 0) is 105 Å². The molecule has 0 aliphatic carbocycles. The van der Waals surface area contributed by atoms with Crippen LogP contribution in [-0.4, -0.2) is 87.4 Å². The van der Waals surface area contributed by atoms with Gasteiger partial charge in [0.25, 0.3) is 0 Å². The smallest absolute Gasteiger partial charge is 0.141 e. The van der Waals surface area contributed by atoms with Gasteiger partial charge in [0, 0.05) is 91.6 Å². The highest BCUT2D eigenvalue weighted by Crippen LogP contribution is 2.37. The molecule has 6 heterocycles. The van der Waals surface area contributed by atoms with Gasteiger partial charge in [-0.3, -0.25) is 19.3 Å². The number of nitrogens with zero attached hydrogens (tertiary/aromatic N) is 10. The average Bonchev–Trinajstić information content (AvgIpc) is 4.15. The molecule has 2 unspecified atom stereocenters. The van der Waals surface area contributed by atoms with Gasteiger partial charge in [-0.2, -0.15) is 20.7 Å². The summed E-state index contributed by atoms with van der Waals surface area (Å²) in [6.45, 7) is 4.81. The van der Waals surface area contributed by atoms with Crippen molar-refractivity contribution in [3.63, 3.8) is 0 Å². The predicted molar refractivity (Wildman–Crippen MR) is 249 cm³/mol. The molecule has 0 radical (unpaired) electrons. The first kappa shape index (κ1) is 41.9. The lowest BCUT2D eigenvalue weighted by Crippen LogP contribution is -2.33. The van der Waals surface area contributed by atoms with Crippen LogP contribution >= 0.6 is 0 Å². The SMILES string of the molecule is CN(c1cnc(-c2ccc3nn(C)cc3c2)c(-c2ccc(C#N)c(F)c2)c1)C1CCNC1.CN1CCC(COc2cnc(-c3ccc4nn(C)cc4c3)c(-c3ccc(C#N)cc3)c2)C1. The fraction of sp³-hybridized carbons (Fsp3) is 0.255. The van der Waals surface area contributed by atoms with Gasteiger partial charge in [-0.25, -0.2) is 4.39 Å². The normalized spacial score (nSPS) is 16.0. The molecule has 0 spiro atoms. The maximum atomic E-state index is 14.5. The summed E-state index contributed by atoms with van der Waals surface area (Å²) >= 11 is 0. The Morgan fingerprint density at radius 1 is 0.750 bits per heavy atom. The van der Waals surface area contributed by atoms with Crippen LogP contribution in [0.3, 0.4) is 0 Å². The first-order valence-electron chi connectivity index (χ1n) is 21.5. The Labute approximate surface area is 371 Å². The van der Waals surface area contributed by atoms with E-state index >= 15 is 0 Å². The van der Waals surface area contributed by atoms with Gasteiger partial charge in [0.2, 0.25) is 0 Å². The van der Waals surface area contributed by atoms with E-state index in [1.165, 1.54) is 12.1 Å². The van der Waals surface area contributed by atoms with Crippen LogP contribution in [0.4, 0.5) is 10.1 Å². The molecule has 0 bridgehead atoms. The van der Waals surface area contributed by atoms with Crippen molar-refractivity contribution in [1.29, 1.82) is 10.5 Å². The van der Waals surface area contributed by atoms with Crippen molar-refractivity contribution in [2.75, 3.05) is 51.8 Å². The summed E-state index contributed by atoms with van der Waals surface area (Å²) in [7, 11) is 8.04. The molecule has 2 atom stereocenters. The Hall–Kier alpha value is -7.45. The van der Waals surface area contributed by atoms with Crippen molar-refractivity contribution < 1.29 is 9.13 Å². The maximum absolute atomic E-state index is 14.5. The van der Waals surface area contributed by atoms with Gasteiger partial charge in [0.1, 0.15) is 17.6 Å². The molecule has 1 N–H and O–H groups in total. The lowest BCUT2D eigenvalue weighted by atomic mass is 9.97. The Balaban J connectivity index is 0.000000162. The first-order chi connectivity index (χ1) is 31.1. The van der Waals surface area contributed by atoms with Crippen molar-refractivity contribution in [2.24, 2.45) is 20.0 Å². The molecule has 10 rings (SSSR count). The van der Waals surface area contributed by atoms with E-state index in [2.05, 4.69) is 75.8 Å². The van der Waals surface area contributed by atoms with Crippen molar-refractivity contribution in [3.05, 3.63) is 133 Å².